The molecule has 1 aliphatic carbocycles. The van der Waals surface area contributed by atoms with Gasteiger partial charge in [-0.2, -0.15) is 0 Å². The normalized spacial score (nSPS) is 40.4. The molecule has 2 unspecified atom stereocenters. The number of piperidine rings is 1. The van der Waals surface area contributed by atoms with Gasteiger partial charge >= 0.3 is 0 Å². The number of alkyl halides is 1. The molecule has 0 aromatic carbocycles. The number of hydrogen-bond acceptors (Lipinski definition) is 2. The van der Waals surface area contributed by atoms with Gasteiger partial charge in [0, 0.05) is 5.41 Å². The minimum atomic E-state index is -0.608. The summed E-state index contributed by atoms with van der Waals surface area (Å²) in [4.78, 5) is 10.9. The molecule has 1 amide bonds. The third-order valence-corrected chi connectivity index (χ3v) is 3.36. The molecule has 62 valence electrons. The van der Waals surface area contributed by atoms with E-state index in [2.05, 4.69) is 21.2 Å². The SMILES string of the molecule is O=C1NC(O)C2(CC2)CC1Br. The van der Waals surface area contributed by atoms with Crippen molar-refractivity contribution in [2.75, 3.05) is 0 Å². The largest absolute Gasteiger partial charge is 0.373 e. The second-order valence-electron chi connectivity index (χ2n) is 3.45. The predicted molar refractivity (Wildman–Crippen MR) is 43.1 cm³/mol. The fourth-order valence-corrected chi connectivity index (χ4v) is 2.35. The van der Waals surface area contributed by atoms with E-state index < -0.39 is 6.23 Å². The van der Waals surface area contributed by atoms with Crippen LogP contribution in [0.5, 0.6) is 0 Å². The van der Waals surface area contributed by atoms with E-state index in [9.17, 15) is 9.90 Å². The highest BCUT2D eigenvalue weighted by atomic mass is 79.9. The van der Waals surface area contributed by atoms with Crippen molar-refractivity contribution in [1.29, 1.82) is 0 Å². The smallest absolute Gasteiger partial charge is 0.235 e. The van der Waals surface area contributed by atoms with Gasteiger partial charge in [0.1, 0.15) is 6.23 Å². The topological polar surface area (TPSA) is 49.3 Å². The maximum absolute atomic E-state index is 11.0. The van der Waals surface area contributed by atoms with E-state index in [1.165, 1.54) is 0 Å². The number of carbonyl (C=O) groups excluding carboxylic acids is 1. The number of nitrogens with one attached hydrogen (secondary N) is 1. The van der Waals surface area contributed by atoms with Gasteiger partial charge < -0.3 is 10.4 Å². The molecule has 1 saturated heterocycles. The summed E-state index contributed by atoms with van der Waals surface area (Å²) in [5, 5.41) is 12.0. The Morgan fingerprint density at radius 1 is 1.64 bits per heavy atom. The first-order valence-electron chi connectivity index (χ1n) is 3.77. The molecule has 2 aliphatic rings. The summed E-state index contributed by atoms with van der Waals surface area (Å²) in [6.45, 7) is 0. The highest BCUT2D eigenvalue weighted by molar-refractivity contribution is 9.10. The Balaban J connectivity index is 2.12. The summed E-state index contributed by atoms with van der Waals surface area (Å²) < 4.78 is 0. The first kappa shape index (κ1) is 7.55. The number of aliphatic hydroxyl groups is 1. The minimum absolute atomic E-state index is 0.0159. The molecule has 3 nitrogen and oxygen atoms in total. The minimum Gasteiger partial charge on any atom is -0.373 e. The summed E-state index contributed by atoms with van der Waals surface area (Å²) in [5.74, 6) is -0.0879. The maximum Gasteiger partial charge on any atom is 0.235 e. The standard InChI is InChI=1S/C7H10BrNO2/c8-4-3-7(1-2-7)6(11)9-5(4)10/h4,6,11H,1-3H2,(H,9,10). The first-order chi connectivity index (χ1) is 5.14. The highest BCUT2D eigenvalue weighted by Gasteiger charge is 2.54. The second kappa shape index (κ2) is 2.20. The van der Waals surface area contributed by atoms with E-state index in [1.807, 2.05) is 0 Å². The predicted octanol–water partition coefficient (Wildman–Crippen LogP) is 0.368. The lowest BCUT2D eigenvalue weighted by molar-refractivity contribution is -0.129. The zero-order chi connectivity index (χ0) is 8.06. The van der Waals surface area contributed by atoms with E-state index in [0.29, 0.717) is 0 Å². The Bertz CT molecular complexity index is 203. The van der Waals surface area contributed by atoms with Crippen molar-refractivity contribution in [3.05, 3.63) is 0 Å². The van der Waals surface area contributed by atoms with Crippen molar-refractivity contribution < 1.29 is 9.90 Å². The summed E-state index contributed by atoms with van der Waals surface area (Å²) in [7, 11) is 0. The fraction of sp³-hybridized carbons (Fsp3) is 0.857. The number of rotatable bonds is 0. The van der Waals surface area contributed by atoms with Crippen LogP contribution in [0.4, 0.5) is 0 Å². The summed E-state index contributed by atoms with van der Waals surface area (Å²) >= 11 is 3.27. The van der Waals surface area contributed by atoms with Crippen LogP contribution in [0.1, 0.15) is 19.3 Å². The van der Waals surface area contributed by atoms with Gasteiger partial charge in [0.15, 0.2) is 0 Å². The van der Waals surface area contributed by atoms with Crippen LogP contribution < -0.4 is 5.32 Å². The quantitative estimate of drug-likeness (QED) is 0.579. The number of aliphatic hydroxyl groups excluding tert-OH is 1. The van der Waals surface area contributed by atoms with Crippen molar-refractivity contribution >= 4 is 21.8 Å². The van der Waals surface area contributed by atoms with Crippen molar-refractivity contribution in [1.82, 2.24) is 5.32 Å². The second-order valence-corrected chi connectivity index (χ2v) is 4.55. The van der Waals surface area contributed by atoms with Crippen molar-refractivity contribution in [3.63, 3.8) is 0 Å². The zero-order valence-corrected chi connectivity index (χ0v) is 7.60. The monoisotopic (exact) mass is 219 g/mol. The molecule has 11 heavy (non-hydrogen) atoms. The van der Waals surface area contributed by atoms with Gasteiger partial charge in [0.05, 0.1) is 4.83 Å². The van der Waals surface area contributed by atoms with Crippen molar-refractivity contribution in [3.8, 4) is 0 Å². The number of halogens is 1. The lowest BCUT2D eigenvalue weighted by atomic mass is 9.94. The average molecular weight is 220 g/mol. The first-order valence-corrected chi connectivity index (χ1v) is 4.68. The van der Waals surface area contributed by atoms with Gasteiger partial charge in [0.25, 0.3) is 0 Å². The van der Waals surface area contributed by atoms with Gasteiger partial charge in [-0.15, -0.1) is 0 Å². The number of hydrogen-bond donors (Lipinski definition) is 2. The fourth-order valence-electron chi connectivity index (χ4n) is 1.58. The van der Waals surface area contributed by atoms with Crippen LogP contribution in [0, 0.1) is 5.41 Å². The van der Waals surface area contributed by atoms with E-state index in [-0.39, 0.29) is 16.1 Å². The molecule has 0 radical (unpaired) electrons. The van der Waals surface area contributed by atoms with Gasteiger partial charge in [-0.1, -0.05) is 15.9 Å². The average Bonchev–Trinajstić information content (AvgIpc) is 2.66. The molecule has 4 heteroatoms. The third-order valence-electron chi connectivity index (χ3n) is 2.62. The van der Waals surface area contributed by atoms with E-state index in [4.69, 9.17) is 0 Å². The molecular formula is C7H10BrNO2. The lowest BCUT2D eigenvalue weighted by Crippen LogP contribution is -2.51. The molecule has 2 fully saturated rings. The lowest BCUT2D eigenvalue weighted by Gasteiger charge is -2.31. The zero-order valence-electron chi connectivity index (χ0n) is 6.01. The molecule has 1 heterocycles. The molecule has 0 bridgehead atoms. The third kappa shape index (κ3) is 1.08. The summed E-state index contributed by atoms with van der Waals surface area (Å²) in [6, 6.07) is 0. The Morgan fingerprint density at radius 3 is 2.82 bits per heavy atom. The van der Waals surface area contributed by atoms with E-state index >= 15 is 0 Å². The van der Waals surface area contributed by atoms with Crippen LogP contribution in [0.25, 0.3) is 0 Å². The van der Waals surface area contributed by atoms with Gasteiger partial charge in [-0.25, -0.2) is 0 Å². The van der Waals surface area contributed by atoms with E-state index in [1.54, 1.807) is 0 Å². The Kier molecular flexibility index (Phi) is 1.51. The van der Waals surface area contributed by atoms with Crippen LogP contribution in [0.15, 0.2) is 0 Å². The van der Waals surface area contributed by atoms with Crippen molar-refractivity contribution in [2.45, 2.75) is 30.3 Å². The van der Waals surface area contributed by atoms with Crippen LogP contribution >= 0.6 is 15.9 Å². The Labute approximate surface area is 73.3 Å². The van der Waals surface area contributed by atoms with Gasteiger partial charge in [-0.05, 0) is 19.3 Å². The molecule has 0 aromatic rings. The van der Waals surface area contributed by atoms with Gasteiger partial charge in [0.2, 0.25) is 5.91 Å². The number of amides is 1. The molecular weight excluding hydrogens is 210 g/mol. The molecule has 2 atom stereocenters. The molecule has 1 spiro atoms. The highest BCUT2D eigenvalue weighted by Crippen LogP contribution is 2.54. The maximum atomic E-state index is 11.0. The van der Waals surface area contributed by atoms with Crippen LogP contribution in [-0.4, -0.2) is 22.1 Å². The van der Waals surface area contributed by atoms with Crippen LogP contribution in [0.2, 0.25) is 0 Å². The Morgan fingerprint density at radius 2 is 2.27 bits per heavy atom. The molecule has 1 aliphatic heterocycles. The summed E-state index contributed by atoms with van der Waals surface area (Å²) in [5.41, 5.74) is 0.0159. The molecule has 2 rings (SSSR count). The van der Waals surface area contributed by atoms with Crippen LogP contribution in [-0.2, 0) is 4.79 Å². The number of carbonyl (C=O) groups is 1. The van der Waals surface area contributed by atoms with Crippen LogP contribution in [0.3, 0.4) is 0 Å². The van der Waals surface area contributed by atoms with Crippen molar-refractivity contribution in [2.24, 2.45) is 5.41 Å². The molecule has 2 N–H and O–H groups in total. The van der Waals surface area contributed by atoms with E-state index in [0.717, 1.165) is 19.3 Å². The molecule has 1 saturated carbocycles. The van der Waals surface area contributed by atoms with Gasteiger partial charge in [-0.3, -0.25) is 4.79 Å². The summed E-state index contributed by atoms with van der Waals surface area (Å²) in [6.07, 6.45) is 2.25. The Hall–Kier alpha value is -0.0900. The molecule has 0 aromatic heterocycles.